The third-order valence-electron chi connectivity index (χ3n) is 6.27. The largest absolute Gasteiger partial charge is 0.491 e. The van der Waals surface area contributed by atoms with E-state index < -0.39 is 11.4 Å². The second-order valence-electron chi connectivity index (χ2n) is 9.37. The summed E-state index contributed by atoms with van der Waals surface area (Å²) in [6.07, 6.45) is 0.0843. The molecule has 1 aliphatic rings. The Hall–Kier alpha value is -4.14. The number of carbonyl (C=O) groups is 3. The SMILES string of the molecule is CC(C)Oc1ccc(CNC(=O)c2cc3n(n2)CC(C)(C(=O)NCc2ccccc2)N(C)C3=O)cc1. The molecule has 1 atom stereocenters. The Kier molecular flexibility index (Phi) is 7.10. The molecule has 0 aliphatic carbocycles. The highest BCUT2D eigenvalue weighted by molar-refractivity contribution is 6.01. The lowest BCUT2D eigenvalue weighted by Crippen LogP contribution is -2.62. The number of likely N-dealkylation sites (N-methyl/N-ethyl adjacent to an activating group) is 1. The summed E-state index contributed by atoms with van der Waals surface area (Å²) in [6.45, 7) is 6.40. The van der Waals surface area contributed by atoms with Gasteiger partial charge in [-0.3, -0.25) is 19.1 Å². The number of nitrogens with one attached hydrogen (secondary N) is 2. The van der Waals surface area contributed by atoms with E-state index in [9.17, 15) is 14.4 Å². The molecule has 0 saturated carbocycles. The molecular weight excluding hydrogens is 458 g/mol. The average Bonchev–Trinajstić information content (AvgIpc) is 3.29. The van der Waals surface area contributed by atoms with Gasteiger partial charge in [-0.1, -0.05) is 42.5 Å². The second-order valence-corrected chi connectivity index (χ2v) is 9.37. The molecule has 0 saturated heterocycles. The molecule has 1 unspecified atom stereocenters. The van der Waals surface area contributed by atoms with E-state index in [2.05, 4.69) is 15.7 Å². The summed E-state index contributed by atoms with van der Waals surface area (Å²) < 4.78 is 7.08. The summed E-state index contributed by atoms with van der Waals surface area (Å²) in [7, 11) is 1.59. The van der Waals surface area contributed by atoms with Crippen molar-refractivity contribution in [1.82, 2.24) is 25.3 Å². The van der Waals surface area contributed by atoms with Crippen LogP contribution in [0.4, 0.5) is 0 Å². The van der Waals surface area contributed by atoms with Crippen molar-refractivity contribution in [2.45, 2.75) is 52.0 Å². The molecule has 0 radical (unpaired) electrons. The van der Waals surface area contributed by atoms with Gasteiger partial charge in [0.2, 0.25) is 5.91 Å². The molecule has 1 aliphatic heterocycles. The molecule has 9 heteroatoms. The molecule has 4 rings (SSSR count). The second kappa shape index (κ2) is 10.2. The van der Waals surface area contributed by atoms with Gasteiger partial charge in [-0.15, -0.1) is 0 Å². The summed E-state index contributed by atoms with van der Waals surface area (Å²) in [5.41, 5.74) is 1.10. The van der Waals surface area contributed by atoms with Crippen molar-refractivity contribution in [3.05, 3.63) is 83.2 Å². The van der Waals surface area contributed by atoms with E-state index >= 15 is 0 Å². The van der Waals surface area contributed by atoms with Gasteiger partial charge in [-0.05, 0) is 44.0 Å². The summed E-state index contributed by atoms with van der Waals surface area (Å²) >= 11 is 0. The Morgan fingerprint density at radius 1 is 1.03 bits per heavy atom. The monoisotopic (exact) mass is 489 g/mol. The van der Waals surface area contributed by atoms with E-state index in [0.717, 1.165) is 16.9 Å². The number of ether oxygens (including phenoxy) is 1. The van der Waals surface area contributed by atoms with Gasteiger partial charge in [-0.25, -0.2) is 0 Å². The van der Waals surface area contributed by atoms with Crippen molar-refractivity contribution in [3.8, 4) is 5.75 Å². The van der Waals surface area contributed by atoms with Crippen LogP contribution in [-0.4, -0.2) is 51.1 Å². The number of nitrogens with zero attached hydrogens (tertiary/aromatic N) is 3. The lowest BCUT2D eigenvalue weighted by Gasteiger charge is -2.40. The summed E-state index contributed by atoms with van der Waals surface area (Å²) in [5, 5.41) is 10.1. The van der Waals surface area contributed by atoms with Gasteiger partial charge >= 0.3 is 0 Å². The maximum Gasteiger partial charge on any atom is 0.272 e. The van der Waals surface area contributed by atoms with E-state index in [1.807, 2.05) is 68.4 Å². The van der Waals surface area contributed by atoms with Gasteiger partial charge in [0.15, 0.2) is 5.69 Å². The van der Waals surface area contributed by atoms with Gasteiger partial charge < -0.3 is 20.3 Å². The maximum absolute atomic E-state index is 13.1. The first-order chi connectivity index (χ1) is 17.2. The Morgan fingerprint density at radius 3 is 2.33 bits per heavy atom. The number of carbonyl (C=O) groups excluding carboxylic acids is 3. The number of hydrogen-bond donors (Lipinski definition) is 2. The fourth-order valence-corrected chi connectivity index (χ4v) is 4.04. The molecule has 36 heavy (non-hydrogen) atoms. The molecule has 0 spiro atoms. The minimum Gasteiger partial charge on any atom is -0.491 e. The third kappa shape index (κ3) is 5.25. The van der Waals surface area contributed by atoms with Crippen LogP contribution in [0.25, 0.3) is 0 Å². The van der Waals surface area contributed by atoms with Crippen LogP contribution in [0.2, 0.25) is 0 Å². The number of amides is 3. The minimum atomic E-state index is -1.15. The van der Waals surface area contributed by atoms with E-state index in [-0.39, 0.29) is 35.9 Å². The van der Waals surface area contributed by atoms with Gasteiger partial charge in [0, 0.05) is 26.2 Å². The van der Waals surface area contributed by atoms with Crippen molar-refractivity contribution in [1.29, 1.82) is 0 Å². The highest BCUT2D eigenvalue weighted by Crippen LogP contribution is 2.26. The molecule has 3 aromatic rings. The van der Waals surface area contributed by atoms with Crippen molar-refractivity contribution < 1.29 is 19.1 Å². The van der Waals surface area contributed by atoms with Crippen LogP contribution in [0, 0.1) is 0 Å². The molecule has 3 amide bonds. The highest BCUT2D eigenvalue weighted by atomic mass is 16.5. The standard InChI is InChI=1S/C27H31N5O4/c1-18(2)36-21-12-10-20(11-13-21)15-28-24(33)22-14-23-25(34)31(4)27(3,17-32(23)30-22)26(35)29-16-19-8-6-5-7-9-19/h5-14,18H,15-17H2,1-4H3,(H,28,33)(H,29,35). The van der Waals surface area contributed by atoms with E-state index in [1.165, 1.54) is 15.6 Å². The van der Waals surface area contributed by atoms with Crippen molar-refractivity contribution in [3.63, 3.8) is 0 Å². The Labute approximate surface area is 210 Å². The Bertz CT molecular complexity index is 1250. The topological polar surface area (TPSA) is 106 Å². The van der Waals surface area contributed by atoms with Crippen LogP contribution in [0.15, 0.2) is 60.7 Å². The molecule has 2 heterocycles. The first kappa shape index (κ1) is 25.0. The smallest absolute Gasteiger partial charge is 0.272 e. The summed E-state index contributed by atoms with van der Waals surface area (Å²) in [6, 6.07) is 18.5. The number of hydrogen-bond acceptors (Lipinski definition) is 5. The number of fused-ring (bicyclic) bond motifs is 1. The first-order valence-electron chi connectivity index (χ1n) is 11.9. The molecule has 9 nitrogen and oxygen atoms in total. The van der Waals surface area contributed by atoms with Crippen LogP contribution in [0.5, 0.6) is 5.75 Å². The molecule has 0 bridgehead atoms. The molecule has 2 aromatic carbocycles. The van der Waals surface area contributed by atoms with Crippen LogP contribution in [0.1, 0.15) is 52.9 Å². The van der Waals surface area contributed by atoms with Crippen LogP contribution < -0.4 is 15.4 Å². The maximum atomic E-state index is 13.1. The Balaban J connectivity index is 1.42. The highest BCUT2D eigenvalue weighted by Gasteiger charge is 2.46. The molecule has 2 N–H and O–H groups in total. The first-order valence-corrected chi connectivity index (χ1v) is 11.9. The normalized spacial score (nSPS) is 17.0. The predicted molar refractivity (Wildman–Crippen MR) is 134 cm³/mol. The fraction of sp³-hybridized carbons (Fsp3) is 0.333. The zero-order valence-electron chi connectivity index (χ0n) is 20.9. The van der Waals surface area contributed by atoms with Crippen molar-refractivity contribution >= 4 is 17.7 Å². The molecule has 1 aromatic heterocycles. The van der Waals surface area contributed by atoms with Gasteiger partial charge in [-0.2, -0.15) is 5.10 Å². The minimum absolute atomic E-state index is 0.0843. The van der Waals surface area contributed by atoms with Gasteiger partial charge in [0.25, 0.3) is 11.8 Å². The fourth-order valence-electron chi connectivity index (χ4n) is 4.04. The van der Waals surface area contributed by atoms with Crippen LogP contribution in [-0.2, 0) is 24.4 Å². The number of benzene rings is 2. The van der Waals surface area contributed by atoms with E-state index in [4.69, 9.17) is 4.74 Å². The Morgan fingerprint density at radius 2 is 1.67 bits per heavy atom. The zero-order valence-corrected chi connectivity index (χ0v) is 20.9. The lowest BCUT2D eigenvalue weighted by molar-refractivity contribution is -0.132. The quantitative estimate of drug-likeness (QED) is 0.506. The number of aromatic nitrogens is 2. The third-order valence-corrected chi connectivity index (χ3v) is 6.27. The van der Waals surface area contributed by atoms with E-state index in [1.54, 1.807) is 14.0 Å². The van der Waals surface area contributed by atoms with Crippen molar-refractivity contribution in [2.24, 2.45) is 0 Å². The lowest BCUT2D eigenvalue weighted by atomic mass is 9.96. The van der Waals surface area contributed by atoms with Crippen LogP contribution >= 0.6 is 0 Å². The zero-order chi connectivity index (χ0) is 25.9. The molecule has 0 fully saturated rings. The number of rotatable bonds is 8. The van der Waals surface area contributed by atoms with Crippen LogP contribution in [0.3, 0.4) is 0 Å². The van der Waals surface area contributed by atoms with Gasteiger partial charge in [0.1, 0.15) is 17.0 Å². The predicted octanol–water partition coefficient (Wildman–Crippen LogP) is 2.76. The summed E-state index contributed by atoms with van der Waals surface area (Å²) in [4.78, 5) is 40.4. The van der Waals surface area contributed by atoms with Gasteiger partial charge in [0.05, 0.1) is 12.6 Å². The van der Waals surface area contributed by atoms with Crippen molar-refractivity contribution in [2.75, 3.05) is 7.05 Å². The average molecular weight is 490 g/mol. The molecule has 188 valence electrons. The van der Waals surface area contributed by atoms with E-state index in [0.29, 0.717) is 13.1 Å². The summed E-state index contributed by atoms with van der Waals surface area (Å²) in [5.74, 6) is -0.296. The molecular formula is C27H31N5O4.